The van der Waals surface area contributed by atoms with Crippen LogP contribution in [0.15, 0.2) is 30.3 Å². The van der Waals surface area contributed by atoms with Crippen molar-refractivity contribution in [3.63, 3.8) is 0 Å². The van der Waals surface area contributed by atoms with Crippen molar-refractivity contribution in [1.82, 2.24) is 0 Å². The first-order chi connectivity index (χ1) is 21.6. The first kappa shape index (κ1) is 33.0. The summed E-state index contributed by atoms with van der Waals surface area (Å²) in [5.41, 5.74) is 0.654. The molecule has 1 saturated heterocycles. The SMILES string of the molecule is CO[C@H]1C[C@@]2(C)C3C[C@H](OC)[C@H]4C(C)(C)[C@@H](OC(=O)c5ccccc5)CC[C@@]45CC35CC[C@]2(C)[C@H]1[C@@]1(C)CC[C@@H](C(C)(C)OC)O1. The number of ether oxygens (including phenoxy) is 5. The summed E-state index contributed by atoms with van der Waals surface area (Å²) in [6, 6.07) is 9.47. The molecule has 1 aromatic rings. The highest BCUT2D eigenvalue weighted by Crippen LogP contribution is 2.89. The second kappa shape index (κ2) is 10.5. The Kier molecular flexibility index (Phi) is 7.55. The predicted octanol–water partition coefficient (Wildman–Crippen LogP) is 8.26. The highest BCUT2D eigenvalue weighted by atomic mass is 16.6. The second-order valence-corrected chi connectivity index (χ2v) is 18.2. The minimum atomic E-state index is -0.314. The molecule has 6 heteroatoms. The first-order valence-corrected chi connectivity index (χ1v) is 18.1. The van der Waals surface area contributed by atoms with Crippen LogP contribution in [0.1, 0.15) is 117 Å². The van der Waals surface area contributed by atoms with Crippen molar-refractivity contribution in [2.24, 2.45) is 44.8 Å². The number of methoxy groups -OCH3 is 3. The highest BCUT2D eigenvalue weighted by molar-refractivity contribution is 5.89. The molecule has 6 fully saturated rings. The van der Waals surface area contributed by atoms with Gasteiger partial charge >= 0.3 is 5.97 Å². The lowest BCUT2D eigenvalue weighted by Gasteiger charge is -2.65. The molecule has 7 rings (SSSR count). The molecule has 46 heavy (non-hydrogen) atoms. The Hall–Kier alpha value is -1.47. The Bertz CT molecular complexity index is 1340. The van der Waals surface area contributed by atoms with Crippen LogP contribution >= 0.6 is 0 Å². The van der Waals surface area contributed by atoms with E-state index >= 15 is 0 Å². The molecule has 0 amide bonds. The van der Waals surface area contributed by atoms with Crippen LogP contribution in [0.25, 0.3) is 0 Å². The molecule has 0 radical (unpaired) electrons. The third kappa shape index (κ3) is 4.18. The summed E-state index contributed by atoms with van der Waals surface area (Å²) < 4.78 is 32.4. The van der Waals surface area contributed by atoms with Gasteiger partial charge in [-0.2, -0.15) is 0 Å². The van der Waals surface area contributed by atoms with Crippen molar-refractivity contribution in [2.75, 3.05) is 21.3 Å². The van der Waals surface area contributed by atoms with Gasteiger partial charge in [-0.05, 0) is 124 Å². The van der Waals surface area contributed by atoms with Crippen LogP contribution in [0.5, 0.6) is 0 Å². The van der Waals surface area contributed by atoms with E-state index in [9.17, 15) is 4.79 Å². The molecule has 256 valence electrons. The second-order valence-electron chi connectivity index (χ2n) is 18.2. The van der Waals surface area contributed by atoms with E-state index in [1.807, 2.05) is 51.7 Å². The number of carbonyl (C=O) groups is 1. The lowest BCUT2D eigenvalue weighted by molar-refractivity contribution is -0.218. The number of esters is 1. The van der Waals surface area contributed by atoms with Gasteiger partial charge in [0.2, 0.25) is 0 Å². The summed E-state index contributed by atoms with van der Waals surface area (Å²) in [6.45, 7) is 16.6. The Labute approximate surface area is 278 Å². The van der Waals surface area contributed by atoms with Crippen molar-refractivity contribution < 1.29 is 28.5 Å². The summed E-state index contributed by atoms with van der Waals surface area (Å²) in [7, 11) is 5.66. The van der Waals surface area contributed by atoms with Crippen molar-refractivity contribution in [3.8, 4) is 0 Å². The van der Waals surface area contributed by atoms with Gasteiger partial charge in [0, 0.05) is 32.7 Å². The average Bonchev–Trinajstić information content (AvgIpc) is 3.38. The number of hydrogen-bond acceptors (Lipinski definition) is 6. The fraction of sp³-hybridized carbons (Fsp3) is 0.825. The van der Waals surface area contributed by atoms with Gasteiger partial charge in [0.05, 0.1) is 35.1 Å². The molecule has 2 unspecified atom stereocenters. The summed E-state index contributed by atoms with van der Waals surface area (Å²) in [6.07, 6.45) is 10.3. The van der Waals surface area contributed by atoms with Crippen LogP contribution in [-0.2, 0) is 23.7 Å². The largest absolute Gasteiger partial charge is 0.458 e. The van der Waals surface area contributed by atoms with Gasteiger partial charge in [0.15, 0.2) is 0 Å². The molecule has 5 saturated carbocycles. The van der Waals surface area contributed by atoms with E-state index in [2.05, 4.69) is 48.5 Å². The van der Waals surface area contributed by atoms with Crippen molar-refractivity contribution in [3.05, 3.63) is 35.9 Å². The van der Waals surface area contributed by atoms with Gasteiger partial charge in [0.25, 0.3) is 0 Å². The van der Waals surface area contributed by atoms with Crippen molar-refractivity contribution >= 4 is 5.97 Å². The molecule has 1 aliphatic heterocycles. The van der Waals surface area contributed by atoms with Gasteiger partial charge in [-0.3, -0.25) is 0 Å². The third-order valence-electron chi connectivity index (χ3n) is 16.1. The number of hydrogen-bond donors (Lipinski definition) is 0. The van der Waals surface area contributed by atoms with Gasteiger partial charge < -0.3 is 23.7 Å². The number of rotatable bonds is 7. The van der Waals surface area contributed by atoms with Crippen LogP contribution in [0.2, 0.25) is 0 Å². The van der Waals surface area contributed by atoms with E-state index in [4.69, 9.17) is 23.7 Å². The molecule has 1 heterocycles. The number of fused-ring (bicyclic) bond motifs is 2. The Morgan fingerprint density at radius 3 is 2.17 bits per heavy atom. The maximum Gasteiger partial charge on any atom is 0.338 e. The zero-order valence-corrected chi connectivity index (χ0v) is 30.2. The van der Waals surface area contributed by atoms with Crippen LogP contribution in [0, 0.1) is 44.8 Å². The molecule has 6 nitrogen and oxygen atoms in total. The first-order valence-electron chi connectivity index (χ1n) is 18.1. The lowest BCUT2D eigenvalue weighted by Crippen LogP contribution is -2.62. The molecule has 2 spiro atoms. The fourth-order valence-corrected chi connectivity index (χ4v) is 13.6. The minimum Gasteiger partial charge on any atom is -0.458 e. The van der Waals surface area contributed by atoms with Gasteiger partial charge in [-0.1, -0.05) is 45.9 Å². The van der Waals surface area contributed by atoms with E-state index in [1.165, 1.54) is 19.3 Å². The van der Waals surface area contributed by atoms with Crippen LogP contribution in [-0.4, -0.2) is 62.9 Å². The number of carbonyl (C=O) groups excluding carboxylic acids is 1. The number of benzene rings is 1. The standard InChI is InChI=1S/C40H60O6/c1-34(2)29(45-33(41)25-14-12-11-13-15-25)17-19-40-24-39(40)21-20-36(5)32(38(7)18-16-30(46-38)35(3,4)44-10)27(43-9)23-37(36,6)28(39)22-26(42-8)31(34)40/h11-15,26-32H,16-24H2,1-10H3/t26-,27-,28?,29-,30-,31-,32-,36+,37-,38+,39?,40+/m0/s1. The summed E-state index contributed by atoms with van der Waals surface area (Å²) in [5.74, 6) is 1.05. The van der Waals surface area contributed by atoms with Gasteiger partial charge in [-0.15, -0.1) is 0 Å². The van der Waals surface area contributed by atoms with E-state index in [0.717, 1.165) is 38.5 Å². The molecule has 0 bridgehead atoms. The summed E-state index contributed by atoms with van der Waals surface area (Å²) >= 11 is 0. The summed E-state index contributed by atoms with van der Waals surface area (Å²) in [5, 5.41) is 0. The molecule has 12 atom stereocenters. The molecule has 0 aromatic heterocycles. The summed E-state index contributed by atoms with van der Waals surface area (Å²) in [4.78, 5) is 13.3. The highest BCUT2D eigenvalue weighted by Gasteiger charge is 2.85. The quantitative estimate of drug-likeness (QED) is 0.281. The van der Waals surface area contributed by atoms with Crippen molar-refractivity contribution in [1.29, 1.82) is 0 Å². The minimum absolute atomic E-state index is 0.0822. The zero-order valence-electron chi connectivity index (χ0n) is 30.2. The lowest BCUT2D eigenvalue weighted by atomic mass is 9.41. The maximum atomic E-state index is 13.3. The van der Waals surface area contributed by atoms with E-state index < -0.39 is 0 Å². The van der Waals surface area contributed by atoms with Gasteiger partial charge in [0.1, 0.15) is 6.10 Å². The molecule has 6 aliphatic rings. The molecule has 5 aliphatic carbocycles. The van der Waals surface area contributed by atoms with Crippen LogP contribution in [0.4, 0.5) is 0 Å². The molecule has 1 aromatic carbocycles. The Morgan fingerprint density at radius 1 is 0.826 bits per heavy atom. The maximum absolute atomic E-state index is 13.3. The average molecular weight is 637 g/mol. The van der Waals surface area contributed by atoms with E-state index in [-0.39, 0.29) is 63.2 Å². The monoisotopic (exact) mass is 636 g/mol. The van der Waals surface area contributed by atoms with Crippen LogP contribution < -0.4 is 0 Å². The Balaban J connectivity index is 1.20. The van der Waals surface area contributed by atoms with Crippen molar-refractivity contribution in [2.45, 2.75) is 142 Å². The predicted molar refractivity (Wildman–Crippen MR) is 178 cm³/mol. The fourth-order valence-electron chi connectivity index (χ4n) is 13.6. The normalized spacial score (nSPS) is 49.0. The smallest absolute Gasteiger partial charge is 0.338 e. The topological polar surface area (TPSA) is 63.2 Å². The third-order valence-corrected chi connectivity index (χ3v) is 16.1. The van der Waals surface area contributed by atoms with Gasteiger partial charge in [-0.25, -0.2) is 4.79 Å². The molecular weight excluding hydrogens is 576 g/mol. The van der Waals surface area contributed by atoms with E-state index in [0.29, 0.717) is 28.7 Å². The van der Waals surface area contributed by atoms with Crippen LogP contribution in [0.3, 0.4) is 0 Å². The van der Waals surface area contributed by atoms with E-state index in [1.54, 1.807) is 0 Å². The Morgan fingerprint density at radius 2 is 1.52 bits per heavy atom. The molecule has 0 N–H and O–H groups in total. The molecular formula is C40H60O6. The zero-order chi connectivity index (χ0) is 33.1.